The lowest BCUT2D eigenvalue weighted by atomic mass is 10.0. The molecule has 6 nitrogen and oxygen atoms in total. The van der Waals surface area contributed by atoms with Gasteiger partial charge in [-0.2, -0.15) is 0 Å². The van der Waals surface area contributed by atoms with Crippen molar-refractivity contribution in [3.05, 3.63) is 0 Å². The van der Waals surface area contributed by atoms with E-state index in [1.807, 2.05) is 20.1 Å². The third-order valence-electron chi connectivity index (χ3n) is 3.22. The third kappa shape index (κ3) is 4.31. The van der Waals surface area contributed by atoms with Crippen LogP contribution in [0.25, 0.3) is 0 Å². The first-order valence-electron chi connectivity index (χ1n) is 6.67. The van der Waals surface area contributed by atoms with E-state index in [9.17, 15) is 14.4 Å². The van der Waals surface area contributed by atoms with Crippen LogP contribution in [0, 0.1) is 5.92 Å². The molecule has 1 radical (unpaired) electrons. The van der Waals surface area contributed by atoms with Gasteiger partial charge in [0.05, 0.1) is 12.6 Å². The molecular formula is C13H22N3O3. The lowest BCUT2D eigenvalue weighted by Gasteiger charge is -2.25. The Morgan fingerprint density at radius 3 is 2.68 bits per heavy atom. The van der Waals surface area contributed by atoms with Crippen molar-refractivity contribution >= 4 is 18.1 Å². The van der Waals surface area contributed by atoms with E-state index in [2.05, 4.69) is 5.32 Å². The maximum atomic E-state index is 12.1. The van der Waals surface area contributed by atoms with Crippen LogP contribution in [-0.2, 0) is 14.4 Å². The Morgan fingerprint density at radius 1 is 1.47 bits per heavy atom. The van der Waals surface area contributed by atoms with Gasteiger partial charge in [-0.3, -0.25) is 14.4 Å². The average Bonchev–Trinajstić information content (AvgIpc) is 2.85. The molecule has 107 valence electrons. The number of nitrogens with one attached hydrogen (secondary N) is 1. The van der Waals surface area contributed by atoms with Crippen molar-refractivity contribution in [2.45, 2.75) is 45.2 Å². The highest BCUT2D eigenvalue weighted by molar-refractivity contribution is 5.90. The minimum atomic E-state index is -0.608. The molecule has 1 saturated heterocycles. The van der Waals surface area contributed by atoms with Crippen LogP contribution in [0.2, 0.25) is 0 Å². The minimum absolute atomic E-state index is 0.0982. The summed E-state index contributed by atoms with van der Waals surface area (Å²) in [5.41, 5.74) is 5.32. The lowest BCUT2D eigenvalue weighted by molar-refractivity contribution is -0.137. The first kappa shape index (κ1) is 15.6. The summed E-state index contributed by atoms with van der Waals surface area (Å²) in [7, 11) is 0. The molecule has 2 atom stereocenters. The zero-order valence-corrected chi connectivity index (χ0v) is 11.5. The van der Waals surface area contributed by atoms with Gasteiger partial charge in [-0.15, -0.1) is 0 Å². The van der Waals surface area contributed by atoms with Gasteiger partial charge in [0.2, 0.25) is 18.1 Å². The number of rotatable bonds is 6. The highest BCUT2D eigenvalue weighted by atomic mass is 16.2. The zero-order chi connectivity index (χ0) is 14.4. The topological polar surface area (TPSA) is 92.5 Å². The molecular weight excluding hydrogens is 246 g/mol. The summed E-state index contributed by atoms with van der Waals surface area (Å²) in [6, 6.07) is -1.11. The zero-order valence-electron chi connectivity index (χ0n) is 11.5. The number of hydrogen-bond acceptors (Lipinski definition) is 4. The highest BCUT2D eigenvalue weighted by Crippen LogP contribution is 2.17. The summed E-state index contributed by atoms with van der Waals surface area (Å²) in [5.74, 6) is -0.224. The Balaban J connectivity index is 2.60. The second kappa shape index (κ2) is 7.23. The van der Waals surface area contributed by atoms with Crippen molar-refractivity contribution in [3.63, 3.8) is 0 Å². The normalized spacial score (nSPS) is 20.4. The van der Waals surface area contributed by atoms with E-state index in [0.717, 1.165) is 6.42 Å². The average molecular weight is 268 g/mol. The molecule has 1 aliphatic rings. The maximum absolute atomic E-state index is 12.1. The van der Waals surface area contributed by atoms with Crippen molar-refractivity contribution in [1.82, 2.24) is 10.2 Å². The van der Waals surface area contributed by atoms with Crippen molar-refractivity contribution < 1.29 is 14.4 Å². The number of likely N-dealkylation sites (tertiary alicyclic amines) is 1. The number of amides is 2. The SMILES string of the molecule is CC(C)C[C@@H]([C]=O)NC(=O)[C@@H]1CCCN1C(=O)CN. The molecule has 0 aromatic rings. The van der Waals surface area contributed by atoms with E-state index in [0.29, 0.717) is 19.4 Å². The molecule has 1 heterocycles. The molecule has 3 N–H and O–H groups in total. The van der Waals surface area contributed by atoms with E-state index in [-0.39, 0.29) is 24.3 Å². The minimum Gasteiger partial charge on any atom is -0.344 e. The monoisotopic (exact) mass is 268 g/mol. The van der Waals surface area contributed by atoms with E-state index in [4.69, 9.17) is 5.73 Å². The predicted octanol–water partition coefficient (Wildman–Crippen LogP) is -0.423. The van der Waals surface area contributed by atoms with Crippen LogP contribution in [0.4, 0.5) is 0 Å². The molecule has 1 rings (SSSR count). The number of hydrogen-bond donors (Lipinski definition) is 2. The largest absolute Gasteiger partial charge is 0.344 e. The summed E-state index contributed by atoms with van der Waals surface area (Å²) >= 11 is 0. The second-order valence-corrected chi connectivity index (χ2v) is 5.26. The third-order valence-corrected chi connectivity index (χ3v) is 3.22. The van der Waals surface area contributed by atoms with Gasteiger partial charge in [0.1, 0.15) is 6.04 Å². The smallest absolute Gasteiger partial charge is 0.243 e. The molecule has 0 spiro atoms. The summed E-state index contributed by atoms with van der Waals surface area (Å²) in [4.78, 5) is 36.0. The van der Waals surface area contributed by atoms with Crippen molar-refractivity contribution in [2.75, 3.05) is 13.1 Å². The van der Waals surface area contributed by atoms with Gasteiger partial charge in [0.15, 0.2) is 0 Å². The molecule has 0 aromatic carbocycles. The van der Waals surface area contributed by atoms with E-state index < -0.39 is 12.1 Å². The molecule has 0 unspecified atom stereocenters. The highest BCUT2D eigenvalue weighted by Gasteiger charge is 2.34. The Kier molecular flexibility index (Phi) is 5.95. The number of nitrogens with zero attached hydrogens (tertiary/aromatic N) is 1. The Bertz CT molecular complexity index is 344. The standard InChI is InChI=1S/C13H22N3O3/c1-9(2)6-10(8-17)15-13(19)11-4-3-5-16(11)12(18)7-14/h9-11H,3-7,14H2,1-2H3,(H,15,19)/t10-,11-/m0/s1. The first-order chi connectivity index (χ1) is 8.99. The Hall–Kier alpha value is -1.43. The molecule has 2 amide bonds. The predicted molar refractivity (Wildman–Crippen MR) is 70.9 cm³/mol. The second-order valence-electron chi connectivity index (χ2n) is 5.26. The number of nitrogens with two attached hydrogens (primary N) is 1. The van der Waals surface area contributed by atoms with Crippen LogP contribution >= 0.6 is 0 Å². The van der Waals surface area contributed by atoms with Gasteiger partial charge in [0, 0.05) is 6.54 Å². The summed E-state index contributed by atoms with van der Waals surface area (Å²) in [6.45, 7) is 4.39. The van der Waals surface area contributed by atoms with Crippen molar-refractivity contribution in [2.24, 2.45) is 11.7 Å². The number of carbonyl (C=O) groups is 2. The van der Waals surface area contributed by atoms with Gasteiger partial charge >= 0.3 is 0 Å². The van der Waals surface area contributed by atoms with Gasteiger partial charge in [-0.05, 0) is 25.2 Å². The van der Waals surface area contributed by atoms with Crippen LogP contribution in [0.3, 0.4) is 0 Å². The van der Waals surface area contributed by atoms with Crippen molar-refractivity contribution in [1.29, 1.82) is 0 Å². The van der Waals surface area contributed by atoms with Crippen LogP contribution in [0.5, 0.6) is 0 Å². The summed E-state index contributed by atoms with van der Waals surface area (Å²) in [6.07, 6.45) is 3.78. The molecule has 0 saturated carbocycles. The Morgan fingerprint density at radius 2 is 2.16 bits per heavy atom. The van der Waals surface area contributed by atoms with Gasteiger partial charge in [0.25, 0.3) is 0 Å². The van der Waals surface area contributed by atoms with Crippen LogP contribution in [-0.4, -0.2) is 48.2 Å². The molecule has 19 heavy (non-hydrogen) atoms. The van der Waals surface area contributed by atoms with Crippen LogP contribution in [0.1, 0.15) is 33.1 Å². The van der Waals surface area contributed by atoms with Crippen molar-refractivity contribution in [3.8, 4) is 0 Å². The fourth-order valence-corrected chi connectivity index (χ4v) is 2.33. The maximum Gasteiger partial charge on any atom is 0.243 e. The van der Waals surface area contributed by atoms with E-state index in [1.165, 1.54) is 4.90 Å². The quantitative estimate of drug-likeness (QED) is 0.684. The molecule has 0 bridgehead atoms. The summed E-state index contributed by atoms with van der Waals surface area (Å²) < 4.78 is 0. The first-order valence-corrected chi connectivity index (χ1v) is 6.67. The summed E-state index contributed by atoms with van der Waals surface area (Å²) in [5, 5.41) is 2.65. The lowest BCUT2D eigenvalue weighted by Crippen LogP contribution is -2.50. The molecule has 6 heteroatoms. The van der Waals surface area contributed by atoms with Gasteiger partial charge < -0.3 is 16.0 Å². The number of carbonyl (C=O) groups excluding carboxylic acids is 3. The van der Waals surface area contributed by atoms with Gasteiger partial charge in [-0.25, -0.2) is 0 Å². The van der Waals surface area contributed by atoms with Gasteiger partial charge in [-0.1, -0.05) is 13.8 Å². The molecule has 1 aliphatic heterocycles. The molecule has 1 fully saturated rings. The van der Waals surface area contributed by atoms with E-state index in [1.54, 1.807) is 0 Å². The van der Waals surface area contributed by atoms with Crippen LogP contribution in [0.15, 0.2) is 0 Å². The molecule has 0 aromatic heterocycles. The fraction of sp³-hybridized carbons (Fsp3) is 0.769. The Labute approximate surface area is 113 Å². The fourth-order valence-electron chi connectivity index (χ4n) is 2.33. The molecule has 0 aliphatic carbocycles. The van der Waals surface area contributed by atoms with Crippen LogP contribution < -0.4 is 11.1 Å². The van der Waals surface area contributed by atoms with E-state index >= 15 is 0 Å².